The van der Waals surface area contributed by atoms with Gasteiger partial charge in [-0.2, -0.15) is 10.2 Å². The first-order valence-electron chi connectivity index (χ1n) is 10.2. The van der Waals surface area contributed by atoms with Gasteiger partial charge in [0.1, 0.15) is 6.54 Å². The van der Waals surface area contributed by atoms with Gasteiger partial charge in [0, 0.05) is 39.8 Å². The minimum atomic E-state index is -0.195. The third kappa shape index (κ3) is 3.61. The summed E-state index contributed by atoms with van der Waals surface area (Å²) in [7, 11) is 0. The van der Waals surface area contributed by atoms with E-state index in [1.807, 2.05) is 47.6 Å². The molecular formula is C22H21N7OS2. The molecule has 0 unspecified atom stereocenters. The van der Waals surface area contributed by atoms with Crippen molar-refractivity contribution >= 4 is 44.7 Å². The first-order chi connectivity index (χ1) is 15.5. The van der Waals surface area contributed by atoms with E-state index in [1.54, 1.807) is 22.2 Å². The molecule has 0 aliphatic rings. The van der Waals surface area contributed by atoms with Gasteiger partial charge in [-0.15, -0.1) is 22.7 Å². The number of nitrogens with zero attached hydrogens (tertiary/aromatic N) is 6. The van der Waals surface area contributed by atoms with E-state index < -0.39 is 0 Å². The summed E-state index contributed by atoms with van der Waals surface area (Å²) in [6.07, 6.45) is 3.58. The zero-order valence-electron chi connectivity index (χ0n) is 17.9. The predicted molar refractivity (Wildman–Crippen MR) is 128 cm³/mol. The molecule has 0 atom stereocenters. The summed E-state index contributed by atoms with van der Waals surface area (Å²) >= 11 is 3.07. The summed E-state index contributed by atoms with van der Waals surface area (Å²) in [6, 6.07) is 6.10. The first-order valence-corrected chi connectivity index (χ1v) is 11.9. The minimum absolute atomic E-state index is 0.0624. The molecular weight excluding hydrogens is 442 g/mol. The van der Waals surface area contributed by atoms with E-state index in [2.05, 4.69) is 38.5 Å². The molecule has 1 amide bonds. The molecule has 162 valence electrons. The number of anilines is 1. The fourth-order valence-electron chi connectivity index (χ4n) is 3.80. The number of hydrogen-bond donors (Lipinski definition) is 1. The number of pyridine rings is 1. The normalized spacial score (nSPS) is 11.3. The van der Waals surface area contributed by atoms with Gasteiger partial charge < -0.3 is 5.32 Å². The maximum atomic E-state index is 12.8. The molecule has 0 saturated carbocycles. The Hall–Kier alpha value is -3.37. The van der Waals surface area contributed by atoms with Gasteiger partial charge >= 0.3 is 0 Å². The predicted octanol–water partition coefficient (Wildman–Crippen LogP) is 4.76. The Bertz CT molecular complexity index is 1410. The van der Waals surface area contributed by atoms with Gasteiger partial charge in [0.05, 0.1) is 23.0 Å². The average Bonchev–Trinajstić information content (AvgIpc) is 3.56. The molecule has 32 heavy (non-hydrogen) atoms. The van der Waals surface area contributed by atoms with Crippen molar-refractivity contribution in [2.45, 2.75) is 33.9 Å². The van der Waals surface area contributed by atoms with Crippen LogP contribution in [0.25, 0.3) is 32.7 Å². The zero-order valence-corrected chi connectivity index (χ0v) is 19.5. The van der Waals surface area contributed by atoms with Gasteiger partial charge in [0.25, 0.3) is 0 Å². The second-order valence-electron chi connectivity index (χ2n) is 7.32. The van der Waals surface area contributed by atoms with Crippen LogP contribution in [0.15, 0.2) is 41.4 Å². The third-order valence-electron chi connectivity index (χ3n) is 5.32. The van der Waals surface area contributed by atoms with Gasteiger partial charge in [-0.1, -0.05) is 6.07 Å². The molecule has 5 rings (SSSR count). The number of thiophene rings is 1. The standard InChI is InChI=1S/C22H21N7OS2/c1-4-28-14(3)16(10-24-28)17-12-32-22(25-17)26-19(30)11-29-21-20(13(2)27-29)15(7-8-23-21)18-6-5-9-31-18/h5-10,12H,4,11H2,1-3H3,(H,25,26,30). The maximum absolute atomic E-state index is 12.8. The van der Waals surface area contributed by atoms with Crippen LogP contribution in [0.5, 0.6) is 0 Å². The topological polar surface area (TPSA) is 90.5 Å². The van der Waals surface area contributed by atoms with Crippen LogP contribution in [0.3, 0.4) is 0 Å². The summed E-state index contributed by atoms with van der Waals surface area (Å²) in [5, 5.41) is 17.4. The molecule has 0 aromatic carbocycles. The molecule has 0 saturated heterocycles. The van der Waals surface area contributed by atoms with Gasteiger partial charge in [-0.3, -0.25) is 9.48 Å². The lowest BCUT2D eigenvalue weighted by Gasteiger charge is -2.04. The lowest BCUT2D eigenvalue weighted by Crippen LogP contribution is -2.19. The molecule has 8 nitrogen and oxygen atoms in total. The molecule has 1 N–H and O–H groups in total. The summed E-state index contributed by atoms with van der Waals surface area (Å²) in [5.41, 5.74) is 5.48. The molecule has 0 aliphatic carbocycles. The highest BCUT2D eigenvalue weighted by molar-refractivity contribution is 7.14. The monoisotopic (exact) mass is 463 g/mol. The van der Waals surface area contributed by atoms with Gasteiger partial charge in [-0.25, -0.2) is 14.6 Å². The number of amides is 1. The summed E-state index contributed by atoms with van der Waals surface area (Å²) in [5.74, 6) is -0.195. The Balaban J connectivity index is 1.37. The highest BCUT2D eigenvalue weighted by atomic mass is 32.1. The molecule has 0 fully saturated rings. The van der Waals surface area contributed by atoms with Crippen molar-refractivity contribution in [3.05, 3.63) is 52.7 Å². The van der Waals surface area contributed by atoms with E-state index in [4.69, 9.17) is 0 Å². The summed E-state index contributed by atoms with van der Waals surface area (Å²) < 4.78 is 3.58. The van der Waals surface area contributed by atoms with Crippen molar-refractivity contribution < 1.29 is 4.79 Å². The van der Waals surface area contributed by atoms with Crippen LogP contribution in [0.4, 0.5) is 5.13 Å². The van der Waals surface area contributed by atoms with Gasteiger partial charge in [0.15, 0.2) is 10.8 Å². The number of thiazole rings is 1. The van der Waals surface area contributed by atoms with Crippen LogP contribution in [0, 0.1) is 13.8 Å². The summed E-state index contributed by atoms with van der Waals surface area (Å²) in [6.45, 7) is 6.88. The lowest BCUT2D eigenvalue weighted by molar-refractivity contribution is -0.116. The van der Waals surface area contributed by atoms with Gasteiger partial charge in [-0.05, 0) is 38.3 Å². The fraction of sp³-hybridized carbons (Fsp3) is 0.227. The van der Waals surface area contributed by atoms with E-state index >= 15 is 0 Å². The van der Waals surface area contributed by atoms with E-state index in [0.717, 1.165) is 45.0 Å². The van der Waals surface area contributed by atoms with Crippen molar-refractivity contribution in [1.82, 2.24) is 29.5 Å². The van der Waals surface area contributed by atoms with E-state index in [9.17, 15) is 4.79 Å². The van der Waals surface area contributed by atoms with E-state index in [-0.39, 0.29) is 12.5 Å². The Morgan fingerprint density at radius 3 is 2.78 bits per heavy atom. The Morgan fingerprint density at radius 2 is 2.03 bits per heavy atom. The van der Waals surface area contributed by atoms with E-state index in [0.29, 0.717) is 10.8 Å². The molecule has 0 spiro atoms. The number of hydrogen-bond acceptors (Lipinski definition) is 7. The van der Waals surface area contributed by atoms with Crippen LogP contribution in [-0.2, 0) is 17.9 Å². The Morgan fingerprint density at radius 1 is 1.16 bits per heavy atom. The lowest BCUT2D eigenvalue weighted by atomic mass is 10.1. The largest absolute Gasteiger partial charge is 0.300 e. The highest BCUT2D eigenvalue weighted by Gasteiger charge is 2.17. The number of fused-ring (bicyclic) bond motifs is 1. The molecule has 0 aliphatic heterocycles. The van der Waals surface area contributed by atoms with Crippen molar-refractivity contribution in [2.24, 2.45) is 0 Å². The second kappa shape index (κ2) is 8.29. The molecule has 5 aromatic heterocycles. The molecule has 0 bridgehead atoms. The number of carbonyl (C=O) groups is 1. The van der Waals surface area contributed by atoms with Gasteiger partial charge in [0.2, 0.25) is 5.91 Å². The van der Waals surface area contributed by atoms with Crippen molar-refractivity contribution in [3.63, 3.8) is 0 Å². The van der Waals surface area contributed by atoms with Crippen molar-refractivity contribution in [3.8, 4) is 21.7 Å². The highest BCUT2D eigenvalue weighted by Crippen LogP contribution is 2.32. The smallest absolute Gasteiger partial charge is 0.247 e. The number of aryl methyl sites for hydroxylation is 2. The van der Waals surface area contributed by atoms with Crippen LogP contribution in [0.2, 0.25) is 0 Å². The minimum Gasteiger partial charge on any atom is -0.300 e. The van der Waals surface area contributed by atoms with Crippen molar-refractivity contribution in [1.29, 1.82) is 0 Å². The first kappa shape index (κ1) is 20.5. The molecule has 0 radical (unpaired) electrons. The number of carbonyl (C=O) groups excluding carboxylic acids is 1. The second-order valence-corrected chi connectivity index (χ2v) is 9.13. The SMILES string of the molecule is CCn1ncc(-c2csc(NC(=O)Cn3nc(C)c4c(-c5cccs5)ccnc43)n2)c1C. The van der Waals surface area contributed by atoms with Crippen LogP contribution in [-0.4, -0.2) is 35.4 Å². The number of rotatable bonds is 6. The number of aromatic nitrogens is 6. The molecule has 5 heterocycles. The average molecular weight is 464 g/mol. The van der Waals surface area contributed by atoms with Crippen LogP contribution < -0.4 is 5.32 Å². The number of nitrogens with one attached hydrogen (secondary N) is 1. The zero-order chi connectivity index (χ0) is 22.2. The molecule has 5 aromatic rings. The fourth-order valence-corrected chi connectivity index (χ4v) is 5.28. The van der Waals surface area contributed by atoms with Crippen molar-refractivity contribution in [2.75, 3.05) is 5.32 Å². The van der Waals surface area contributed by atoms with Crippen LogP contribution in [0.1, 0.15) is 18.3 Å². The Labute approximate surface area is 192 Å². The summed E-state index contributed by atoms with van der Waals surface area (Å²) in [4.78, 5) is 23.0. The molecule has 10 heteroatoms. The van der Waals surface area contributed by atoms with E-state index in [1.165, 1.54) is 11.3 Å². The maximum Gasteiger partial charge on any atom is 0.247 e. The van der Waals surface area contributed by atoms with Crippen LogP contribution >= 0.6 is 22.7 Å². The Kier molecular flexibility index (Phi) is 5.32. The third-order valence-corrected chi connectivity index (χ3v) is 6.98. The quantitative estimate of drug-likeness (QED) is 0.392.